The number of halogens is 1. The topological polar surface area (TPSA) is 30.4 Å². The molecule has 56 valence electrons. The molecule has 0 saturated heterocycles. The highest BCUT2D eigenvalue weighted by molar-refractivity contribution is 4.97. The minimum atomic E-state index is -0.985. The fourth-order valence-electron chi connectivity index (χ4n) is 1.33. The summed E-state index contributed by atoms with van der Waals surface area (Å²) in [6.45, 7) is 6.66. The van der Waals surface area contributed by atoms with Gasteiger partial charge in [0, 0.05) is 0 Å². The Labute approximate surface area is 60.0 Å². The minimum Gasteiger partial charge on any atom is -0.321 e. The van der Waals surface area contributed by atoms with Gasteiger partial charge in [-0.25, -0.2) is 11.0 Å². The van der Waals surface area contributed by atoms with Gasteiger partial charge in [0.2, 0.25) is 0 Å². The molecule has 0 radical (unpaired) electrons. The molecule has 2 nitrogen and oxygen atoms in total. The van der Waals surface area contributed by atoms with Crippen molar-refractivity contribution >= 4 is 0 Å². The molecule has 1 aliphatic rings. The largest absolute Gasteiger partial charge is 0.321 e. The zero-order chi connectivity index (χ0) is 7.56. The maximum absolute atomic E-state index is 12.8. The molecule has 3 atom stereocenters. The van der Waals surface area contributed by atoms with Crippen LogP contribution in [0.5, 0.6) is 0 Å². The number of alkyl halides is 1. The number of nitrogens with zero attached hydrogens (tertiary/aromatic N) is 1. The molecule has 3 unspecified atom stereocenters. The van der Waals surface area contributed by atoms with E-state index in [9.17, 15) is 4.39 Å². The van der Waals surface area contributed by atoms with Crippen molar-refractivity contribution in [2.24, 2.45) is 5.73 Å². The molecule has 1 rings (SSSR count). The van der Waals surface area contributed by atoms with E-state index < -0.39 is 12.2 Å². The van der Waals surface area contributed by atoms with Gasteiger partial charge in [-0.1, -0.05) is 0 Å². The van der Waals surface area contributed by atoms with E-state index in [1.165, 1.54) is 0 Å². The van der Waals surface area contributed by atoms with E-state index in [-0.39, 0.29) is 6.04 Å². The number of hydrogen-bond acceptors (Lipinski definition) is 1. The van der Waals surface area contributed by atoms with Crippen LogP contribution in [0.2, 0.25) is 0 Å². The third-order valence-electron chi connectivity index (χ3n) is 1.98. The number of rotatable bonds is 0. The van der Waals surface area contributed by atoms with E-state index in [1.54, 1.807) is 0 Å². The minimum absolute atomic E-state index is 0.235. The lowest BCUT2D eigenvalue weighted by Crippen LogP contribution is -2.42. The molecule has 10 heavy (non-hydrogen) atoms. The summed E-state index contributed by atoms with van der Waals surface area (Å²) in [6, 6.07) is -0.810. The summed E-state index contributed by atoms with van der Waals surface area (Å²) < 4.78 is 12.8. The zero-order valence-electron chi connectivity index (χ0n) is 5.76. The number of hydrogen-bond donors (Lipinski definition) is 1. The Hall–Kier alpha value is -0.620. The molecule has 0 aromatic heterocycles. The first-order chi connectivity index (χ1) is 4.75. The molecule has 0 aliphatic heterocycles. The molecule has 0 bridgehead atoms. The van der Waals surface area contributed by atoms with Crippen LogP contribution in [-0.4, -0.2) is 18.3 Å². The molecule has 1 saturated carbocycles. The molecule has 2 N–H and O–H groups in total. The monoisotopic (exact) mass is 142 g/mol. The lowest BCUT2D eigenvalue weighted by molar-refractivity contribution is 0.220. The Morgan fingerprint density at radius 3 is 2.60 bits per heavy atom. The summed E-state index contributed by atoms with van der Waals surface area (Å²) in [4.78, 5) is 3.16. The molecule has 0 spiro atoms. The van der Waals surface area contributed by atoms with Gasteiger partial charge in [-0.15, -0.1) is 0 Å². The highest BCUT2D eigenvalue weighted by atomic mass is 19.1. The average Bonchev–Trinajstić information content (AvgIpc) is 1.88. The van der Waals surface area contributed by atoms with Crippen molar-refractivity contribution < 1.29 is 4.39 Å². The Kier molecular flexibility index (Phi) is 2.23. The summed E-state index contributed by atoms with van der Waals surface area (Å²) in [5.74, 6) is 0. The van der Waals surface area contributed by atoms with Gasteiger partial charge in [0.05, 0.1) is 6.04 Å². The first-order valence-electron chi connectivity index (χ1n) is 3.52. The predicted octanol–water partition coefficient (Wildman–Crippen LogP) is 1.12. The lowest BCUT2D eigenvalue weighted by Gasteiger charge is -2.22. The Balaban J connectivity index is 2.56. The van der Waals surface area contributed by atoms with E-state index in [2.05, 4.69) is 4.85 Å². The summed E-state index contributed by atoms with van der Waals surface area (Å²) >= 11 is 0. The van der Waals surface area contributed by atoms with Crippen molar-refractivity contribution in [2.45, 2.75) is 37.5 Å². The normalized spacial score (nSPS) is 40.7. The molecule has 0 heterocycles. The van der Waals surface area contributed by atoms with Crippen molar-refractivity contribution in [2.75, 3.05) is 0 Å². The van der Waals surface area contributed by atoms with Crippen molar-refractivity contribution in [3.63, 3.8) is 0 Å². The Morgan fingerprint density at radius 2 is 2.20 bits per heavy atom. The standard InChI is InChI=1S/C7H11FN2/c1-10-7-5(8)3-2-4-6(7)9/h5-7H,2-4,9H2. The third kappa shape index (κ3) is 1.27. The van der Waals surface area contributed by atoms with Crippen LogP contribution >= 0.6 is 0 Å². The van der Waals surface area contributed by atoms with E-state index in [1.807, 2.05) is 0 Å². The second kappa shape index (κ2) is 2.98. The van der Waals surface area contributed by atoms with Gasteiger partial charge in [0.15, 0.2) is 6.17 Å². The Morgan fingerprint density at radius 1 is 1.50 bits per heavy atom. The van der Waals surface area contributed by atoms with Crippen LogP contribution in [0.1, 0.15) is 19.3 Å². The van der Waals surface area contributed by atoms with E-state index >= 15 is 0 Å². The molecule has 0 aromatic rings. The van der Waals surface area contributed by atoms with Gasteiger partial charge in [0.25, 0.3) is 6.04 Å². The fraction of sp³-hybridized carbons (Fsp3) is 0.857. The maximum Gasteiger partial charge on any atom is 0.269 e. The molecule has 3 heteroatoms. The lowest BCUT2D eigenvalue weighted by atomic mass is 9.90. The highest BCUT2D eigenvalue weighted by Crippen LogP contribution is 2.22. The molecule has 1 fully saturated rings. The van der Waals surface area contributed by atoms with Gasteiger partial charge in [-0.05, 0) is 19.3 Å². The molecule has 1 aliphatic carbocycles. The zero-order valence-corrected chi connectivity index (χ0v) is 5.76. The van der Waals surface area contributed by atoms with Crippen LogP contribution in [0, 0.1) is 6.57 Å². The van der Waals surface area contributed by atoms with E-state index in [4.69, 9.17) is 12.3 Å². The molecular formula is C7H11FN2. The van der Waals surface area contributed by atoms with Gasteiger partial charge < -0.3 is 10.6 Å². The second-order valence-corrected chi connectivity index (χ2v) is 2.73. The van der Waals surface area contributed by atoms with Crippen LogP contribution in [0.4, 0.5) is 4.39 Å². The SMILES string of the molecule is [C-]#[N+]C1C(N)CCCC1F. The maximum atomic E-state index is 12.8. The smallest absolute Gasteiger partial charge is 0.269 e. The van der Waals surface area contributed by atoms with Crippen molar-refractivity contribution in [3.05, 3.63) is 11.4 Å². The second-order valence-electron chi connectivity index (χ2n) is 2.73. The molecular weight excluding hydrogens is 131 g/mol. The summed E-state index contributed by atoms with van der Waals surface area (Å²) in [5.41, 5.74) is 5.53. The first kappa shape index (κ1) is 7.49. The summed E-state index contributed by atoms with van der Waals surface area (Å²) in [5, 5.41) is 0. The van der Waals surface area contributed by atoms with Crippen LogP contribution < -0.4 is 5.73 Å². The number of nitrogens with two attached hydrogens (primary N) is 1. The van der Waals surface area contributed by atoms with Crippen LogP contribution in [-0.2, 0) is 0 Å². The van der Waals surface area contributed by atoms with Gasteiger partial charge in [-0.3, -0.25) is 0 Å². The van der Waals surface area contributed by atoms with E-state index in [0.717, 1.165) is 12.8 Å². The van der Waals surface area contributed by atoms with Gasteiger partial charge in [-0.2, -0.15) is 0 Å². The fourth-order valence-corrected chi connectivity index (χ4v) is 1.33. The van der Waals surface area contributed by atoms with E-state index in [0.29, 0.717) is 6.42 Å². The molecule has 0 aromatic carbocycles. The summed E-state index contributed by atoms with van der Waals surface area (Å²) in [6.07, 6.45) is 1.16. The van der Waals surface area contributed by atoms with Gasteiger partial charge >= 0.3 is 0 Å². The van der Waals surface area contributed by atoms with Crippen molar-refractivity contribution in [1.82, 2.24) is 0 Å². The highest BCUT2D eigenvalue weighted by Gasteiger charge is 2.35. The van der Waals surface area contributed by atoms with Crippen LogP contribution in [0.3, 0.4) is 0 Å². The van der Waals surface area contributed by atoms with Gasteiger partial charge in [0.1, 0.15) is 0 Å². The predicted molar refractivity (Wildman–Crippen MR) is 37.1 cm³/mol. The van der Waals surface area contributed by atoms with Crippen LogP contribution in [0.25, 0.3) is 4.85 Å². The quantitative estimate of drug-likeness (QED) is 0.505. The first-order valence-corrected chi connectivity index (χ1v) is 3.52. The van der Waals surface area contributed by atoms with Crippen molar-refractivity contribution in [3.8, 4) is 0 Å². The average molecular weight is 142 g/mol. The van der Waals surface area contributed by atoms with Crippen LogP contribution in [0.15, 0.2) is 0 Å². The Bertz CT molecular complexity index is 142. The molecule has 0 amide bonds. The summed E-state index contributed by atoms with van der Waals surface area (Å²) in [7, 11) is 0. The van der Waals surface area contributed by atoms with Crippen molar-refractivity contribution in [1.29, 1.82) is 0 Å². The third-order valence-corrected chi connectivity index (χ3v) is 1.98.